The second-order valence-corrected chi connectivity index (χ2v) is 6.42. The highest BCUT2D eigenvalue weighted by atomic mass is 16.5. The number of ether oxygens (including phenoxy) is 1. The number of benzene rings is 1. The van der Waals surface area contributed by atoms with Crippen molar-refractivity contribution in [2.75, 3.05) is 11.9 Å². The summed E-state index contributed by atoms with van der Waals surface area (Å²) < 4.78 is 5.26. The van der Waals surface area contributed by atoms with Crippen LogP contribution in [0.2, 0.25) is 0 Å². The number of hydrogen-bond donors (Lipinski definition) is 1. The Bertz CT molecular complexity index is 897. The van der Waals surface area contributed by atoms with Crippen LogP contribution in [-0.2, 0) is 9.53 Å². The third kappa shape index (κ3) is 4.14. The molecule has 2 heterocycles. The molecular weight excluding hydrogens is 328 g/mol. The molecular formula is C20H22N4O2. The van der Waals surface area contributed by atoms with Gasteiger partial charge in [-0.15, -0.1) is 0 Å². The second kappa shape index (κ2) is 7.91. The number of esters is 1. The van der Waals surface area contributed by atoms with Gasteiger partial charge in [-0.1, -0.05) is 19.1 Å². The Balaban J connectivity index is 1.88. The number of fused-ring (bicyclic) bond motifs is 1. The largest absolute Gasteiger partial charge is 0.463 e. The first-order valence-corrected chi connectivity index (χ1v) is 8.66. The van der Waals surface area contributed by atoms with Crippen LogP contribution in [0.5, 0.6) is 0 Å². The standard InChI is InChI=1S/C20H22N4O2/c1-13(2)26-20(25)14(3)12-22-19-16-6-4-5-7-17(16)23-18(24-19)15-8-10-21-11-9-15/h4-11,13-14H,12H2,1-3H3,(H,22,23,24). The normalized spacial score (nSPS) is 12.2. The summed E-state index contributed by atoms with van der Waals surface area (Å²) in [5, 5.41) is 4.20. The summed E-state index contributed by atoms with van der Waals surface area (Å²) >= 11 is 0. The molecule has 0 spiro atoms. The van der Waals surface area contributed by atoms with Gasteiger partial charge in [0.15, 0.2) is 5.82 Å². The number of rotatable bonds is 6. The molecule has 3 aromatic rings. The summed E-state index contributed by atoms with van der Waals surface area (Å²) in [4.78, 5) is 25.4. The van der Waals surface area contributed by atoms with Crippen LogP contribution in [0.4, 0.5) is 5.82 Å². The van der Waals surface area contributed by atoms with Gasteiger partial charge in [0.05, 0.1) is 17.5 Å². The summed E-state index contributed by atoms with van der Waals surface area (Å²) in [7, 11) is 0. The quantitative estimate of drug-likeness (QED) is 0.683. The lowest BCUT2D eigenvalue weighted by Crippen LogP contribution is -2.25. The number of carbonyl (C=O) groups is 1. The molecule has 0 fully saturated rings. The van der Waals surface area contributed by atoms with Crippen molar-refractivity contribution in [3.05, 3.63) is 48.8 Å². The van der Waals surface area contributed by atoms with Gasteiger partial charge < -0.3 is 10.1 Å². The van der Waals surface area contributed by atoms with Crippen molar-refractivity contribution in [3.8, 4) is 11.4 Å². The van der Waals surface area contributed by atoms with E-state index < -0.39 is 0 Å². The predicted octanol–water partition coefficient (Wildman–Crippen LogP) is 3.69. The highest BCUT2D eigenvalue weighted by Crippen LogP contribution is 2.24. The predicted molar refractivity (Wildman–Crippen MR) is 102 cm³/mol. The number of anilines is 1. The molecule has 3 rings (SSSR count). The summed E-state index contributed by atoms with van der Waals surface area (Å²) in [6.45, 7) is 5.96. The first-order valence-electron chi connectivity index (χ1n) is 8.66. The zero-order chi connectivity index (χ0) is 18.5. The summed E-state index contributed by atoms with van der Waals surface area (Å²) in [5.41, 5.74) is 1.73. The minimum atomic E-state index is -0.282. The minimum absolute atomic E-state index is 0.122. The van der Waals surface area contributed by atoms with E-state index in [1.54, 1.807) is 12.4 Å². The Morgan fingerprint density at radius 1 is 1.08 bits per heavy atom. The fraction of sp³-hybridized carbons (Fsp3) is 0.300. The molecule has 0 aliphatic carbocycles. The zero-order valence-corrected chi connectivity index (χ0v) is 15.1. The van der Waals surface area contributed by atoms with E-state index in [0.717, 1.165) is 16.5 Å². The Labute approximate surface area is 152 Å². The second-order valence-electron chi connectivity index (χ2n) is 6.42. The minimum Gasteiger partial charge on any atom is -0.463 e. The molecule has 1 aromatic carbocycles. The lowest BCUT2D eigenvalue weighted by molar-refractivity contribution is -0.151. The maximum atomic E-state index is 12.0. The summed E-state index contributed by atoms with van der Waals surface area (Å²) in [5.74, 6) is 0.813. The fourth-order valence-corrected chi connectivity index (χ4v) is 2.52. The number of nitrogens with one attached hydrogen (secondary N) is 1. The molecule has 6 nitrogen and oxygen atoms in total. The lowest BCUT2D eigenvalue weighted by Gasteiger charge is -2.16. The monoisotopic (exact) mass is 350 g/mol. The zero-order valence-electron chi connectivity index (χ0n) is 15.1. The average molecular weight is 350 g/mol. The van der Waals surface area contributed by atoms with Crippen LogP contribution in [-0.4, -0.2) is 33.6 Å². The van der Waals surface area contributed by atoms with Gasteiger partial charge in [-0.25, -0.2) is 9.97 Å². The van der Waals surface area contributed by atoms with Crippen LogP contribution in [0.25, 0.3) is 22.3 Å². The van der Waals surface area contributed by atoms with E-state index in [-0.39, 0.29) is 18.0 Å². The number of nitrogens with zero attached hydrogens (tertiary/aromatic N) is 3. The van der Waals surface area contributed by atoms with E-state index in [0.29, 0.717) is 18.2 Å². The summed E-state index contributed by atoms with van der Waals surface area (Å²) in [6, 6.07) is 11.5. The molecule has 134 valence electrons. The van der Waals surface area contributed by atoms with Gasteiger partial charge in [-0.3, -0.25) is 9.78 Å². The third-order valence-corrected chi connectivity index (χ3v) is 3.87. The average Bonchev–Trinajstić information content (AvgIpc) is 2.65. The molecule has 0 aliphatic rings. The lowest BCUT2D eigenvalue weighted by atomic mass is 10.1. The Hall–Kier alpha value is -3.02. The molecule has 26 heavy (non-hydrogen) atoms. The van der Waals surface area contributed by atoms with E-state index in [2.05, 4.69) is 20.3 Å². The molecule has 1 unspecified atom stereocenters. The van der Waals surface area contributed by atoms with Gasteiger partial charge >= 0.3 is 5.97 Å². The molecule has 2 aromatic heterocycles. The number of aromatic nitrogens is 3. The molecule has 0 bridgehead atoms. The highest BCUT2D eigenvalue weighted by Gasteiger charge is 2.17. The Kier molecular flexibility index (Phi) is 5.41. The van der Waals surface area contributed by atoms with Crippen molar-refractivity contribution < 1.29 is 9.53 Å². The third-order valence-electron chi connectivity index (χ3n) is 3.87. The van der Waals surface area contributed by atoms with Gasteiger partial charge in [-0.05, 0) is 38.1 Å². The Morgan fingerprint density at radius 3 is 2.54 bits per heavy atom. The molecule has 1 N–H and O–H groups in total. The maximum Gasteiger partial charge on any atom is 0.310 e. The van der Waals surface area contributed by atoms with Crippen LogP contribution in [0.15, 0.2) is 48.8 Å². The number of pyridine rings is 1. The molecule has 0 aliphatic heterocycles. The van der Waals surface area contributed by atoms with Crippen LogP contribution < -0.4 is 5.32 Å². The Morgan fingerprint density at radius 2 is 1.81 bits per heavy atom. The van der Waals surface area contributed by atoms with Crippen molar-refractivity contribution in [2.24, 2.45) is 5.92 Å². The number of hydrogen-bond acceptors (Lipinski definition) is 6. The van der Waals surface area contributed by atoms with E-state index in [1.165, 1.54) is 0 Å². The fourth-order valence-electron chi connectivity index (χ4n) is 2.52. The van der Waals surface area contributed by atoms with E-state index >= 15 is 0 Å². The highest BCUT2D eigenvalue weighted by molar-refractivity contribution is 5.90. The number of para-hydroxylation sites is 1. The molecule has 0 amide bonds. The van der Waals surface area contributed by atoms with Gasteiger partial charge in [0, 0.05) is 29.9 Å². The van der Waals surface area contributed by atoms with E-state index in [4.69, 9.17) is 4.74 Å². The van der Waals surface area contributed by atoms with Gasteiger partial charge in [-0.2, -0.15) is 0 Å². The van der Waals surface area contributed by atoms with Crippen molar-refractivity contribution in [2.45, 2.75) is 26.9 Å². The molecule has 0 saturated carbocycles. The van der Waals surface area contributed by atoms with E-state index in [1.807, 2.05) is 57.2 Å². The smallest absolute Gasteiger partial charge is 0.310 e. The summed E-state index contributed by atoms with van der Waals surface area (Å²) in [6.07, 6.45) is 3.30. The number of carbonyl (C=O) groups excluding carboxylic acids is 1. The van der Waals surface area contributed by atoms with E-state index in [9.17, 15) is 4.79 Å². The first-order chi connectivity index (χ1) is 12.5. The van der Waals surface area contributed by atoms with Crippen LogP contribution in [0.3, 0.4) is 0 Å². The van der Waals surface area contributed by atoms with Crippen molar-refractivity contribution in [3.63, 3.8) is 0 Å². The van der Waals surface area contributed by atoms with Crippen LogP contribution in [0, 0.1) is 5.92 Å². The van der Waals surface area contributed by atoms with Gasteiger partial charge in [0.25, 0.3) is 0 Å². The van der Waals surface area contributed by atoms with Crippen molar-refractivity contribution >= 4 is 22.7 Å². The molecule has 0 radical (unpaired) electrons. The van der Waals surface area contributed by atoms with Crippen molar-refractivity contribution in [1.29, 1.82) is 0 Å². The van der Waals surface area contributed by atoms with Crippen LogP contribution >= 0.6 is 0 Å². The van der Waals surface area contributed by atoms with Crippen molar-refractivity contribution in [1.82, 2.24) is 15.0 Å². The van der Waals surface area contributed by atoms with Gasteiger partial charge in [0.2, 0.25) is 0 Å². The first kappa shape index (κ1) is 17.8. The topological polar surface area (TPSA) is 77.0 Å². The molecule has 6 heteroatoms. The molecule has 0 saturated heterocycles. The SMILES string of the molecule is CC(C)OC(=O)C(C)CNc1nc(-c2ccncc2)nc2ccccc12. The molecule has 1 atom stereocenters. The van der Waals surface area contributed by atoms with Gasteiger partial charge in [0.1, 0.15) is 5.82 Å². The maximum absolute atomic E-state index is 12.0. The van der Waals surface area contributed by atoms with Crippen LogP contribution in [0.1, 0.15) is 20.8 Å².